The summed E-state index contributed by atoms with van der Waals surface area (Å²) in [6, 6.07) is 0.525. The molecule has 0 radical (unpaired) electrons. The molecule has 0 spiro atoms. The Morgan fingerprint density at radius 3 is 2.44 bits per heavy atom. The summed E-state index contributed by atoms with van der Waals surface area (Å²) in [6.07, 6.45) is 8.32. The zero-order valence-electron chi connectivity index (χ0n) is 15.1. The molecular weight excluding hydrogens is 338 g/mol. The predicted octanol–water partition coefficient (Wildman–Crippen LogP) is 2.28. The third-order valence-corrected chi connectivity index (χ3v) is 5.31. The number of fused-ring (bicyclic) bond motifs is 1. The Morgan fingerprint density at radius 2 is 1.72 bits per heavy atom. The molecule has 0 bridgehead atoms. The van der Waals surface area contributed by atoms with E-state index in [0.717, 1.165) is 49.0 Å². The van der Waals surface area contributed by atoms with Crippen molar-refractivity contribution in [2.24, 2.45) is 7.05 Å². The van der Waals surface area contributed by atoms with Crippen molar-refractivity contribution in [2.45, 2.75) is 38.1 Å². The molecule has 2 aliphatic rings. The molecule has 2 aromatic heterocycles. The molecule has 1 saturated heterocycles. The lowest BCUT2D eigenvalue weighted by atomic mass is 9.95. The van der Waals surface area contributed by atoms with Crippen molar-refractivity contribution in [3.05, 3.63) is 6.20 Å². The Hall–Kier alpha value is -1.60. The molecule has 1 N–H and O–H groups in total. The molecule has 1 saturated carbocycles. The quantitative estimate of drug-likeness (QED) is 0.900. The van der Waals surface area contributed by atoms with Gasteiger partial charge in [0, 0.05) is 39.3 Å². The van der Waals surface area contributed by atoms with Crippen LogP contribution in [0.25, 0.3) is 11.0 Å². The van der Waals surface area contributed by atoms with Crippen LogP contribution in [0.4, 0.5) is 11.8 Å². The van der Waals surface area contributed by atoms with Gasteiger partial charge in [-0.2, -0.15) is 15.1 Å². The monoisotopic (exact) mass is 365 g/mol. The van der Waals surface area contributed by atoms with Gasteiger partial charge < -0.3 is 15.1 Å². The number of halogens is 1. The fourth-order valence-corrected chi connectivity index (χ4v) is 3.71. The molecule has 3 heterocycles. The summed E-state index contributed by atoms with van der Waals surface area (Å²) < 4.78 is 1.85. The van der Waals surface area contributed by atoms with Crippen LogP contribution in [0.3, 0.4) is 0 Å². The Labute approximate surface area is 155 Å². The van der Waals surface area contributed by atoms with Gasteiger partial charge in [-0.3, -0.25) is 4.68 Å². The summed E-state index contributed by atoms with van der Waals surface area (Å²) in [7, 11) is 4.12. The molecule has 8 heteroatoms. The second-order valence-electron chi connectivity index (χ2n) is 7.15. The number of piperazine rings is 1. The maximum absolute atomic E-state index is 4.89. The van der Waals surface area contributed by atoms with Crippen molar-refractivity contribution in [2.75, 3.05) is 43.4 Å². The van der Waals surface area contributed by atoms with Crippen LogP contribution in [0.2, 0.25) is 0 Å². The van der Waals surface area contributed by atoms with Gasteiger partial charge >= 0.3 is 0 Å². The SMILES string of the molecule is CN1CCN(c2nc(NC3CCCCC3)c3cnn(C)c3n2)CC1.Cl. The highest BCUT2D eigenvalue weighted by Gasteiger charge is 2.21. The molecule has 7 nitrogen and oxygen atoms in total. The zero-order valence-corrected chi connectivity index (χ0v) is 15.9. The van der Waals surface area contributed by atoms with Crippen molar-refractivity contribution in [3.8, 4) is 0 Å². The predicted molar refractivity (Wildman–Crippen MR) is 104 cm³/mol. The van der Waals surface area contributed by atoms with Crippen LogP contribution < -0.4 is 10.2 Å². The molecular formula is C17H28ClN7. The molecule has 2 aromatic rings. The van der Waals surface area contributed by atoms with Crippen molar-refractivity contribution in [1.29, 1.82) is 0 Å². The summed E-state index contributed by atoms with van der Waals surface area (Å²) in [5.41, 5.74) is 0.914. The van der Waals surface area contributed by atoms with Gasteiger partial charge in [-0.1, -0.05) is 19.3 Å². The summed E-state index contributed by atoms with van der Waals surface area (Å²) in [5, 5.41) is 9.11. The molecule has 0 amide bonds. The standard InChI is InChI=1S/C17H27N7.ClH/c1-22-8-10-24(11-9-22)17-20-15(19-13-6-4-3-5-7-13)14-12-18-23(2)16(14)21-17;/h12-13H,3-11H2,1-2H3,(H,19,20,21);1H. The fraction of sp³-hybridized carbons (Fsp3) is 0.706. The number of aromatic nitrogens is 4. The number of likely N-dealkylation sites (N-methyl/N-ethyl adjacent to an activating group) is 1. The summed E-state index contributed by atoms with van der Waals surface area (Å²) in [6.45, 7) is 4.06. The minimum absolute atomic E-state index is 0. The lowest BCUT2D eigenvalue weighted by molar-refractivity contribution is 0.311. The zero-order chi connectivity index (χ0) is 16.5. The molecule has 138 valence electrons. The van der Waals surface area contributed by atoms with E-state index in [9.17, 15) is 0 Å². The van der Waals surface area contributed by atoms with Crippen molar-refractivity contribution in [1.82, 2.24) is 24.6 Å². The first-order chi connectivity index (χ1) is 11.7. The second-order valence-corrected chi connectivity index (χ2v) is 7.15. The average Bonchev–Trinajstić information content (AvgIpc) is 2.98. The van der Waals surface area contributed by atoms with Crippen LogP contribution in [0.1, 0.15) is 32.1 Å². The van der Waals surface area contributed by atoms with Gasteiger partial charge in [-0.25, -0.2) is 0 Å². The maximum Gasteiger partial charge on any atom is 0.229 e. The number of nitrogens with zero attached hydrogens (tertiary/aromatic N) is 6. The van der Waals surface area contributed by atoms with Crippen LogP contribution in [0, 0.1) is 0 Å². The van der Waals surface area contributed by atoms with Crippen molar-refractivity contribution in [3.63, 3.8) is 0 Å². The summed E-state index contributed by atoms with van der Waals surface area (Å²) in [4.78, 5) is 14.3. The molecule has 2 fully saturated rings. The lowest BCUT2D eigenvalue weighted by Crippen LogP contribution is -2.45. The lowest BCUT2D eigenvalue weighted by Gasteiger charge is -2.32. The normalized spacial score (nSPS) is 19.8. The molecule has 0 atom stereocenters. The van der Waals surface area contributed by atoms with E-state index in [4.69, 9.17) is 9.97 Å². The highest BCUT2D eigenvalue weighted by atomic mass is 35.5. The van der Waals surface area contributed by atoms with Crippen LogP contribution in [-0.2, 0) is 7.05 Å². The van der Waals surface area contributed by atoms with E-state index in [2.05, 4.69) is 27.3 Å². The van der Waals surface area contributed by atoms with Gasteiger partial charge in [-0.05, 0) is 19.9 Å². The van der Waals surface area contributed by atoms with Crippen LogP contribution >= 0.6 is 12.4 Å². The number of aryl methyl sites for hydroxylation is 1. The van der Waals surface area contributed by atoms with Gasteiger partial charge in [0.25, 0.3) is 0 Å². The summed E-state index contributed by atoms with van der Waals surface area (Å²) in [5.74, 6) is 1.78. The number of rotatable bonds is 3. The molecule has 0 unspecified atom stereocenters. The van der Waals surface area contributed by atoms with E-state index >= 15 is 0 Å². The number of nitrogens with one attached hydrogen (secondary N) is 1. The van der Waals surface area contributed by atoms with Crippen LogP contribution in [-0.4, -0.2) is 63.9 Å². The number of hydrogen-bond acceptors (Lipinski definition) is 6. The van der Waals surface area contributed by atoms with Gasteiger partial charge in [0.05, 0.1) is 11.6 Å². The third kappa shape index (κ3) is 3.82. The molecule has 1 aliphatic heterocycles. The Kier molecular flexibility index (Phi) is 5.64. The fourth-order valence-electron chi connectivity index (χ4n) is 3.71. The van der Waals surface area contributed by atoms with Gasteiger partial charge in [0.2, 0.25) is 5.95 Å². The molecule has 25 heavy (non-hydrogen) atoms. The van der Waals surface area contributed by atoms with Crippen molar-refractivity contribution >= 4 is 35.2 Å². The largest absolute Gasteiger partial charge is 0.367 e. The summed E-state index contributed by atoms with van der Waals surface area (Å²) >= 11 is 0. The van der Waals surface area contributed by atoms with E-state index in [1.807, 2.05) is 17.9 Å². The van der Waals surface area contributed by atoms with Gasteiger partial charge in [-0.15, -0.1) is 12.4 Å². The Balaban J connectivity index is 0.00000182. The van der Waals surface area contributed by atoms with Crippen LogP contribution in [0.15, 0.2) is 6.20 Å². The minimum atomic E-state index is 0. The highest BCUT2D eigenvalue weighted by Crippen LogP contribution is 2.27. The van der Waals surface area contributed by atoms with E-state index in [1.54, 1.807) is 0 Å². The van der Waals surface area contributed by atoms with Gasteiger partial charge in [0.15, 0.2) is 5.65 Å². The van der Waals surface area contributed by atoms with Crippen molar-refractivity contribution < 1.29 is 0 Å². The maximum atomic E-state index is 4.89. The van der Waals surface area contributed by atoms with E-state index in [-0.39, 0.29) is 12.4 Å². The second kappa shape index (κ2) is 7.74. The first-order valence-electron chi connectivity index (χ1n) is 9.10. The number of hydrogen-bond donors (Lipinski definition) is 1. The topological polar surface area (TPSA) is 62.1 Å². The molecule has 0 aromatic carbocycles. The highest BCUT2D eigenvalue weighted by molar-refractivity contribution is 5.87. The average molecular weight is 366 g/mol. The number of anilines is 2. The first-order valence-corrected chi connectivity index (χ1v) is 9.10. The Bertz CT molecular complexity index is 702. The van der Waals surface area contributed by atoms with E-state index < -0.39 is 0 Å². The van der Waals surface area contributed by atoms with Gasteiger partial charge in [0.1, 0.15) is 5.82 Å². The van der Waals surface area contributed by atoms with E-state index in [0.29, 0.717) is 6.04 Å². The first kappa shape index (κ1) is 18.2. The smallest absolute Gasteiger partial charge is 0.229 e. The van der Waals surface area contributed by atoms with Crippen LogP contribution in [0.5, 0.6) is 0 Å². The molecule has 4 rings (SSSR count). The minimum Gasteiger partial charge on any atom is -0.367 e. The molecule has 1 aliphatic carbocycles. The Morgan fingerprint density at radius 1 is 1.00 bits per heavy atom. The van der Waals surface area contributed by atoms with E-state index in [1.165, 1.54) is 32.1 Å². The third-order valence-electron chi connectivity index (χ3n) is 5.31.